The van der Waals surface area contributed by atoms with Crippen molar-refractivity contribution in [3.8, 4) is 0 Å². The lowest BCUT2D eigenvalue weighted by Crippen LogP contribution is -2.14. The lowest BCUT2D eigenvalue weighted by Gasteiger charge is -2.16. The van der Waals surface area contributed by atoms with Gasteiger partial charge in [-0.1, -0.05) is 17.7 Å². The van der Waals surface area contributed by atoms with Gasteiger partial charge in [-0.05, 0) is 12.1 Å². The molecule has 0 saturated carbocycles. The second kappa shape index (κ2) is 5.88. The fraction of sp³-hybridized carbons (Fsp3) is 0.250. The standard InChI is InChI=1S/C12H9ClF5N3/c13-8-3-1-2-7(12(16,17)18)10(8)20-6-9-19-4-5-21(9)11(14)15/h1-5,11,20H,6H2. The van der Waals surface area contributed by atoms with Gasteiger partial charge in [-0.3, -0.25) is 4.57 Å². The topological polar surface area (TPSA) is 29.9 Å². The van der Waals surface area contributed by atoms with Crippen molar-refractivity contribution in [1.29, 1.82) is 0 Å². The largest absolute Gasteiger partial charge is 0.418 e. The van der Waals surface area contributed by atoms with Gasteiger partial charge in [0.15, 0.2) is 0 Å². The third-order valence-electron chi connectivity index (χ3n) is 2.70. The molecule has 1 aromatic carbocycles. The summed E-state index contributed by atoms with van der Waals surface area (Å²) in [7, 11) is 0. The number of hydrogen-bond acceptors (Lipinski definition) is 2. The second-order valence-corrected chi connectivity index (χ2v) is 4.45. The van der Waals surface area contributed by atoms with Crippen LogP contribution in [-0.2, 0) is 12.7 Å². The minimum Gasteiger partial charge on any atom is -0.376 e. The van der Waals surface area contributed by atoms with Gasteiger partial charge in [0.25, 0.3) is 0 Å². The maximum absolute atomic E-state index is 12.9. The first kappa shape index (κ1) is 15.6. The third kappa shape index (κ3) is 3.44. The van der Waals surface area contributed by atoms with Crippen LogP contribution in [0.25, 0.3) is 0 Å². The number of rotatable bonds is 4. The van der Waals surface area contributed by atoms with Gasteiger partial charge in [0, 0.05) is 12.4 Å². The Morgan fingerprint density at radius 1 is 1.29 bits per heavy atom. The highest BCUT2D eigenvalue weighted by Gasteiger charge is 2.34. The first-order chi connectivity index (χ1) is 9.80. The average Bonchev–Trinajstić information content (AvgIpc) is 2.84. The van der Waals surface area contributed by atoms with E-state index in [1.165, 1.54) is 6.07 Å². The van der Waals surface area contributed by atoms with E-state index >= 15 is 0 Å². The molecule has 0 spiro atoms. The minimum atomic E-state index is -4.61. The van der Waals surface area contributed by atoms with Crippen LogP contribution in [-0.4, -0.2) is 9.55 Å². The minimum absolute atomic E-state index is 0.0990. The number of aromatic nitrogens is 2. The van der Waals surface area contributed by atoms with E-state index in [-0.39, 0.29) is 23.1 Å². The van der Waals surface area contributed by atoms with Crippen molar-refractivity contribution in [2.75, 3.05) is 5.32 Å². The van der Waals surface area contributed by atoms with E-state index in [9.17, 15) is 22.0 Å². The summed E-state index contributed by atoms with van der Waals surface area (Å²) in [6, 6.07) is 3.29. The Bertz CT molecular complexity index is 624. The molecule has 0 aliphatic rings. The molecule has 0 saturated heterocycles. The zero-order chi connectivity index (χ0) is 15.6. The molecule has 0 aliphatic carbocycles. The molecule has 2 rings (SSSR count). The fourth-order valence-electron chi connectivity index (χ4n) is 1.77. The molecular weight excluding hydrogens is 317 g/mol. The predicted molar refractivity (Wildman–Crippen MR) is 67.3 cm³/mol. The molecule has 0 aliphatic heterocycles. The van der Waals surface area contributed by atoms with Crippen LogP contribution in [0.2, 0.25) is 5.02 Å². The van der Waals surface area contributed by atoms with Gasteiger partial charge < -0.3 is 5.32 Å². The SMILES string of the molecule is FC(F)n1ccnc1CNc1c(Cl)cccc1C(F)(F)F. The monoisotopic (exact) mass is 325 g/mol. The number of halogens is 6. The second-order valence-electron chi connectivity index (χ2n) is 4.04. The number of alkyl halides is 5. The molecule has 2 aromatic rings. The van der Waals surface area contributed by atoms with Crippen molar-refractivity contribution in [3.05, 3.63) is 47.0 Å². The van der Waals surface area contributed by atoms with Crippen LogP contribution in [0.3, 0.4) is 0 Å². The van der Waals surface area contributed by atoms with E-state index < -0.39 is 18.3 Å². The number of hydrogen-bond donors (Lipinski definition) is 1. The highest BCUT2D eigenvalue weighted by atomic mass is 35.5. The van der Waals surface area contributed by atoms with Crippen molar-refractivity contribution in [2.45, 2.75) is 19.3 Å². The molecule has 1 aromatic heterocycles. The van der Waals surface area contributed by atoms with E-state index in [0.29, 0.717) is 4.57 Å². The Hall–Kier alpha value is -1.83. The predicted octanol–water partition coefficient (Wildman–Crippen LogP) is 4.56. The van der Waals surface area contributed by atoms with Crippen molar-refractivity contribution in [1.82, 2.24) is 9.55 Å². The quantitative estimate of drug-likeness (QED) is 0.835. The van der Waals surface area contributed by atoms with Crippen molar-refractivity contribution in [2.24, 2.45) is 0 Å². The first-order valence-corrected chi connectivity index (χ1v) is 6.08. The molecule has 3 nitrogen and oxygen atoms in total. The Labute approximate surface area is 121 Å². The lowest BCUT2D eigenvalue weighted by molar-refractivity contribution is -0.137. The van der Waals surface area contributed by atoms with Crippen LogP contribution in [0, 0.1) is 0 Å². The highest BCUT2D eigenvalue weighted by molar-refractivity contribution is 6.33. The first-order valence-electron chi connectivity index (χ1n) is 5.70. The third-order valence-corrected chi connectivity index (χ3v) is 3.02. The number of imidazole rings is 1. The molecule has 0 unspecified atom stereocenters. The van der Waals surface area contributed by atoms with Gasteiger partial charge in [0.05, 0.1) is 22.8 Å². The van der Waals surface area contributed by atoms with E-state index in [4.69, 9.17) is 11.6 Å². The summed E-state index contributed by atoms with van der Waals surface area (Å²) >= 11 is 5.74. The lowest BCUT2D eigenvalue weighted by atomic mass is 10.1. The van der Waals surface area contributed by atoms with Gasteiger partial charge in [0.1, 0.15) is 5.82 Å². The molecule has 21 heavy (non-hydrogen) atoms. The molecule has 9 heteroatoms. The summed E-state index contributed by atoms with van der Waals surface area (Å²) < 4.78 is 64.4. The Morgan fingerprint density at radius 2 is 2.00 bits per heavy atom. The van der Waals surface area contributed by atoms with Gasteiger partial charge >= 0.3 is 12.7 Å². The Kier molecular flexibility index (Phi) is 4.36. The number of para-hydroxylation sites is 1. The maximum atomic E-state index is 12.9. The van der Waals surface area contributed by atoms with Crippen LogP contribution < -0.4 is 5.32 Å². The van der Waals surface area contributed by atoms with E-state index in [0.717, 1.165) is 24.5 Å². The van der Waals surface area contributed by atoms with Crippen LogP contribution >= 0.6 is 11.6 Å². The Balaban J connectivity index is 2.26. The van der Waals surface area contributed by atoms with Crippen LogP contribution in [0.1, 0.15) is 17.9 Å². The van der Waals surface area contributed by atoms with Crippen molar-refractivity contribution in [3.63, 3.8) is 0 Å². The summed E-state index contributed by atoms with van der Waals surface area (Å²) in [5.41, 5.74) is -1.33. The molecule has 0 atom stereocenters. The van der Waals surface area contributed by atoms with Crippen molar-refractivity contribution < 1.29 is 22.0 Å². The summed E-state index contributed by atoms with van der Waals surface area (Å²) in [6.45, 7) is -3.14. The number of nitrogens with zero attached hydrogens (tertiary/aromatic N) is 2. The molecular formula is C12H9ClF5N3. The molecule has 114 valence electrons. The number of anilines is 1. The number of nitrogens with one attached hydrogen (secondary N) is 1. The molecule has 0 radical (unpaired) electrons. The van der Waals surface area contributed by atoms with Gasteiger partial charge in [-0.2, -0.15) is 22.0 Å². The van der Waals surface area contributed by atoms with E-state index in [1.54, 1.807) is 0 Å². The van der Waals surface area contributed by atoms with E-state index in [1.807, 2.05) is 0 Å². The summed E-state index contributed by atoms with van der Waals surface area (Å²) in [6.07, 6.45) is -2.43. The normalized spacial score (nSPS) is 12.0. The summed E-state index contributed by atoms with van der Waals surface area (Å²) in [4.78, 5) is 3.67. The van der Waals surface area contributed by atoms with Gasteiger partial charge in [-0.15, -0.1) is 0 Å². The van der Waals surface area contributed by atoms with Gasteiger partial charge in [0.2, 0.25) is 0 Å². The van der Waals surface area contributed by atoms with E-state index in [2.05, 4.69) is 10.3 Å². The summed E-state index contributed by atoms with van der Waals surface area (Å²) in [5.74, 6) is -0.0990. The number of benzene rings is 1. The maximum Gasteiger partial charge on any atom is 0.418 e. The smallest absolute Gasteiger partial charge is 0.376 e. The zero-order valence-electron chi connectivity index (χ0n) is 10.3. The fourth-order valence-corrected chi connectivity index (χ4v) is 2.01. The summed E-state index contributed by atoms with van der Waals surface area (Å²) in [5, 5.41) is 2.26. The van der Waals surface area contributed by atoms with Crippen LogP contribution in [0.15, 0.2) is 30.6 Å². The van der Waals surface area contributed by atoms with Gasteiger partial charge in [-0.25, -0.2) is 4.98 Å². The van der Waals surface area contributed by atoms with Crippen LogP contribution in [0.5, 0.6) is 0 Å². The van der Waals surface area contributed by atoms with Crippen molar-refractivity contribution >= 4 is 17.3 Å². The Morgan fingerprint density at radius 3 is 2.62 bits per heavy atom. The highest BCUT2D eigenvalue weighted by Crippen LogP contribution is 2.38. The molecule has 0 amide bonds. The van der Waals surface area contributed by atoms with Crippen LogP contribution in [0.4, 0.5) is 27.6 Å². The zero-order valence-corrected chi connectivity index (χ0v) is 11.1. The molecule has 0 fully saturated rings. The molecule has 0 bridgehead atoms. The molecule has 1 heterocycles. The molecule has 1 N–H and O–H groups in total. The average molecular weight is 326 g/mol.